The second-order valence-electron chi connectivity index (χ2n) is 3.49. The monoisotopic (exact) mass is 262 g/mol. The summed E-state index contributed by atoms with van der Waals surface area (Å²) in [4.78, 5) is 19.8. The molecule has 92 valence electrons. The second-order valence-corrected chi connectivity index (χ2v) is 3.89. The molecule has 0 aliphatic heterocycles. The van der Waals surface area contributed by atoms with Gasteiger partial charge in [-0.05, 0) is 31.2 Å². The Balaban J connectivity index is 2.34. The van der Waals surface area contributed by atoms with Gasteiger partial charge in [0.2, 0.25) is 0 Å². The van der Waals surface area contributed by atoms with Gasteiger partial charge in [0.15, 0.2) is 5.82 Å². The molecule has 0 bridgehead atoms. The molecule has 1 heterocycles. The summed E-state index contributed by atoms with van der Waals surface area (Å²) in [6, 6.07) is 6.65. The maximum atomic E-state index is 11.5. The molecule has 2 aromatic rings. The molecule has 1 aromatic carbocycles. The van der Waals surface area contributed by atoms with Gasteiger partial charge in [0.25, 0.3) is 0 Å². The Morgan fingerprint density at radius 2 is 2.06 bits per heavy atom. The summed E-state index contributed by atoms with van der Waals surface area (Å²) in [6.07, 6.45) is 3.27. The fourth-order valence-electron chi connectivity index (χ4n) is 1.48. The van der Waals surface area contributed by atoms with Gasteiger partial charge in [-0.15, -0.1) is 0 Å². The predicted octanol–water partition coefficient (Wildman–Crippen LogP) is 2.97. The zero-order chi connectivity index (χ0) is 13.0. The molecule has 0 aliphatic carbocycles. The summed E-state index contributed by atoms with van der Waals surface area (Å²) >= 11 is 6.12. The zero-order valence-electron chi connectivity index (χ0n) is 9.76. The SMILES string of the molecule is CCOC(=O)c1ccc(-c2ncccn2)c(Cl)c1. The van der Waals surface area contributed by atoms with Crippen molar-refractivity contribution in [3.63, 3.8) is 0 Å². The van der Waals surface area contributed by atoms with Crippen molar-refractivity contribution in [2.75, 3.05) is 6.61 Å². The van der Waals surface area contributed by atoms with Gasteiger partial charge in [-0.1, -0.05) is 11.6 Å². The van der Waals surface area contributed by atoms with Gasteiger partial charge < -0.3 is 4.74 Å². The van der Waals surface area contributed by atoms with E-state index in [1.54, 1.807) is 43.6 Å². The molecule has 0 unspecified atom stereocenters. The molecular weight excluding hydrogens is 252 g/mol. The third-order valence-electron chi connectivity index (χ3n) is 2.29. The van der Waals surface area contributed by atoms with E-state index in [2.05, 4.69) is 9.97 Å². The van der Waals surface area contributed by atoms with Crippen molar-refractivity contribution in [2.45, 2.75) is 6.92 Å². The predicted molar refractivity (Wildman–Crippen MR) is 68.4 cm³/mol. The van der Waals surface area contributed by atoms with Crippen molar-refractivity contribution in [1.82, 2.24) is 9.97 Å². The molecule has 4 nitrogen and oxygen atoms in total. The number of aromatic nitrogens is 2. The first-order valence-corrected chi connectivity index (χ1v) is 5.84. The molecule has 1 aromatic heterocycles. The van der Waals surface area contributed by atoms with E-state index in [4.69, 9.17) is 16.3 Å². The first kappa shape index (κ1) is 12.5. The number of esters is 1. The number of ether oxygens (including phenoxy) is 1. The molecule has 0 N–H and O–H groups in total. The molecule has 0 saturated carbocycles. The Bertz CT molecular complexity index is 558. The van der Waals surface area contributed by atoms with E-state index in [-0.39, 0.29) is 5.97 Å². The molecule has 0 atom stereocenters. The second kappa shape index (κ2) is 5.60. The van der Waals surface area contributed by atoms with Crippen molar-refractivity contribution < 1.29 is 9.53 Å². The number of halogens is 1. The molecular formula is C13H11ClN2O2. The Morgan fingerprint density at radius 1 is 1.33 bits per heavy atom. The maximum Gasteiger partial charge on any atom is 0.338 e. The summed E-state index contributed by atoms with van der Waals surface area (Å²) in [5.41, 5.74) is 1.10. The van der Waals surface area contributed by atoms with Crippen molar-refractivity contribution in [1.29, 1.82) is 0 Å². The minimum Gasteiger partial charge on any atom is -0.462 e. The topological polar surface area (TPSA) is 52.1 Å². The van der Waals surface area contributed by atoms with Crippen LogP contribution in [0.3, 0.4) is 0 Å². The number of benzene rings is 1. The summed E-state index contributed by atoms with van der Waals surface area (Å²) in [5.74, 6) is 0.137. The Hall–Kier alpha value is -1.94. The van der Waals surface area contributed by atoms with Crippen LogP contribution in [0, 0.1) is 0 Å². The van der Waals surface area contributed by atoms with Crippen LogP contribution in [0.2, 0.25) is 5.02 Å². The zero-order valence-corrected chi connectivity index (χ0v) is 10.5. The van der Waals surface area contributed by atoms with Crippen LogP contribution in [-0.4, -0.2) is 22.5 Å². The average molecular weight is 263 g/mol. The Morgan fingerprint density at radius 3 is 2.67 bits per heavy atom. The summed E-state index contributed by atoms with van der Waals surface area (Å²) < 4.78 is 4.90. The molecule has 0 radical (unpaired) electrons. The molecule has 0 spiro atoms. The Kier molecular flexibility index (Phi) is 3.89. The lowest BCUT2D eigenvalue weighted by atomic mass is 10.1. The fraction of sp³-hybridized carbons (Fsp3) is 0.154. The van der Waals surface area contributed by atoms with Gasteiger partial charge in [0.05, 0.1) is 17.2 Å². The summed E-state index contributed by atoms with van der Waals surface area (Å²) in [7, 11) is 0. The summed E-state index contributed by atoms with van der Waals surface area (Å²) in [6.45, 7) is 2.09. The highest BCUT2D eigenvalue weighted by atomic mass is 35.5. The maximum absolute atomic E-state index is 11.5. The van der Waals surface area contributed by atoms with Crippen LogP contribution in [0.1, 0.15) is 17.3 Å². The number of carbonyl (C=O) groups excluding carboxylic acids is 1. The van der Waals surface area contributed by atoms with E-state index < -0.39 is 0 Å². The van der Waals surface area contributed by atoms with Crippen LogP contribution in [0.25, 0.3) is 11.4 Å². The van der Waals surface area contributed by atoms with Gasteiger partial charge >= 0.3 is 5.97 Å². The Labute approximate surface area is 110 Å². The number of hydrogen-bond acceptors (Lipinski definition) is 4. The molecule has 5 heteroatoms. The lowest BCUT2D eigenvalue weighted by molar-refractivity contribution is 0.0526. The highest BCUT2D eigenvalue weighted by molar-refractivity contribution is 6.33. The van der Waals surface area contributed by atoms with Crippen molar-refractivity contribution in [3.05, 3.63) is 47.2 Å². The van der Waals surface area contributed by atoms with E-state index in [0.29, 0.717) is 28.6 Å². The van der Waals surface area contributed by atoms with Crippen LogP contribution < -0.4 is 0 Å². The third-order valence-corrected chi connectivity index (χ3v) is 2.60. The number of carbonyl (C=O) groups is 1. The lowest BCUT2D eigenvalue weighted by Gasteiger charge is -2.05. The van der Waals surface area contributed by atoms with Crippen LogP contribution in [0.4, 0.5) is 0 Å². The van der Waals surface area contributed by atoms with Crippen LogP contribution in [0.5, 0.6) is 0 Å². The quantitative estimate of drug-likeness (QED) is 0.798. The first-order valence-electron chi connectivity index (χ1n) is 5.46. The minimum atomic E-state index is -0.389. The van der Waals surface area contributed by atoms with Crippen LogP contribution >= 0.6 is 11.6 Å². The van der Waals surface area contributed by atoms with Crippen molar-refractivity contribution >= 4 is 17.6 Å². The van der Waals surface area contributed by atoms with Crippen LogP contribution in [-0.2, 0) is 4.74 Å². The van der Waals surface area contributed by atoms with E-state index in [0.717, 1.165) is 0 Å². The molecule has 18 heavy (non-hydrogen) atoms. The van der Waals surface area contributed by atoms with Crippen molar-refractivity contribution in [2.24, 2.45) is 0 Å². The van der Waals surface area contributed by atoms with Gasteiger partial charge in [0, 0.05) is 18.0 Å². The molecule has 0 amide bonds. The van der Waals surface area contributed by atoms with E-state index in [1.807, 2.05) is 0 Å². The highest BCUT2D eigenvalue weighted by Crippen LogP contribution is 2.26. The minimum absolute atomic E-state index is 0.333. The fourth-order valence-corrected chi connectivity index (χ4v) is 1.74. The van der Waals surface area contributed by atoms with Gasteiger partial charge in [-0.25, -0.2) is 14.8 Å². The van der Waals surface area contributed by atoms with Gasteiger partial charge in [-0.2, -0.15) is 0 Å². The normalized spacial score (nSPS) is 10.1. The third kappa shape index (κ3) is 2.65. The lowest BCUT2D eigenvalue weighted by Crippen LogP contribution is -2.04. The van der Waals surface area contributed by atoms with Gasteiger partial charge in [0.1, 0.15) is 0 Å². The van der Waals surface area contributed by atoms with E-state index >= 15 is 0 Å². The molecule has 0 saturated heterocycles. The molecule has 0 fully saturated rings. The largest absolute Gasteiger partial charge is 0.462 e. The number of nitrogens with zero attached hydrogens (tertiary/aromatic N) is 2. The highest BCUT2D eigenvalue weighted by Gasteiger charge is 2.11. The van der Waals surface area contributed by atoms with Gasteiger partial charge in [-0.3, -0.25) is 0 Å². The van der Waals surface area contributed by atoms with E-state index in [1.165, 1.54) is 0 Å². The average Bonchev–Trinajstić information content (AvgIpc) is 2.40. The number of rotatable bonds is 3. The molecule has 2 rings (SSSR count). The smallest absolute Gasteiger partial charge is 0.338 e. The standard InChI is InChI=1S/C13H11ClN2O2/c1-2-18-13(17)9-4-5-10(11(14)8-9)12-15-6-3-7-16-12/h3-8H,2H2,1H3. The van der Waals surface area contributed by atoms with E-state index in [9.17, 15) is 4.79 Å². The van der Waals surface area contributed by atoms with Crippen LogP contribution in [0.15, 0.2) is 36.7 Å². The number of hydrogen-bond donors (Lipinski definition) is 0. The van der Waals surface area contributed by atoms with Crippen molar-refractivity contribution in [3.8, 4) is 11.4 Å². The first-order chi connectivity index (χ1) is 8.72. The summed E-state index contributed by atoms with van der Waals surface area (Å²) in [5, 5.41) is 0.423. The molecule has 0 aliphatic rings.